The summed E-state index contributed by atoms with van der Waals surface area (Å²) in [5, 5.41) is 9.46. The number of nitrogens with zero attached hydrogens (tertiary/aromatic N) is 2. The molecule has 1 fully saturated rings. The Morgan fingerprint density at radius 2 is 2.11 bits per heavy atom. The molecule has 1 aromatic carbocycles. The predicted octanol–water partition coefficient (Wildman–Crippen LogP) is 3.16. The Morgan fingerprint density at radius 1 is 1.42 bits per heavy atom. The zero-order valence-corrected chi connectivity index (χ0v) is 12.2. The Morgan fingerprint density at radius 3 is 2.53 bits per heavy atom. The summed E-state index contributed by atoms with van der Waals surface area (Å²) in [4.78, 5) is 2.16. The minimum absolute atomic E-state index is 0.175. The number of rotatable bonds is 5. The van der Waals surface area contributed by atoms with Crippen LogP contribution in [0.25, 0.3) is 0 Å². The van der Waals surface area contributed by atoms with Gasteiger partial charge in [-0.25, -0.2) is 0 Å². The van der Waals surface area contributed by atoms with Gasteiger partial charge in [-0.3, -0.25) is 0 Å². The molecule has 3 nitrogen and oxygen atoms in total. The number of hydrogen-bond donors (Lipinski definition) is 0. The highest BCUT2D eigenvalue weighted by atomic mass is 16.5. The highest BCUT2D eigenvalue weighted by Crippen LogP contribution is 2.56. The smallest absolute Gasteiger partial charge is 0.122 e. The fourth-order valence-electron chi connectivity index (χ4n) is 2.94. The van der Waals surface area contributed by atoms with E-state index in [0.717, 1.165) is 25.0 Å². The lowest BCUT2D eigenvalue weighted by molar-refractivity contribution is 0.232. The average Bonchev–Trinajstić information content (AvgIpc) is 3.19. The molecule has 0 N–H and O–H groups in total. The lowest BCUT2D eigenvalue weighted by Gasteiger charge is -2.29. The van der Waals surface area contributed by atoms with Gasteiger partial charge in [-0.2, -0.15) is 5.26 Å². The topological polar surface area (TPSA) is 36.3 Å². The minimum atomic E-state index is -0.191. The Bertz CT molecular complexity index is 498. The molecule has 1 aromatic rings. The van der Waals surface area contributed by atoms with E-state index in [2.05, 4.69) is 44.1 Å². The summed E-state index contributed by atoms with van der Waals surface area (Å²) < 4.78 is 5.38. The fraction of sp³-hybridized carbons (Fsp3) is 0.562. The van der Waals surface area contributed by atoms with Gasteiger partial charge in [0.15, 0.2) is 0 Å². The van der Waals surface area contributed by atoms with Crippen molar-refractivity contribution in [3.63, 3.8) is 0 Å². The molecule has 102 valence electrons. The molecule has 1 aliphatic carbocycles. The van der Waals surface area contributed by atoms with E-state index in [-0.39, 0.29) is 11.5 Å². The summed E-state index contributed by atoms with van der Waals surface area (Å²) in [6, 6.07) is 9.02. The van der Waals surface area contributed by atoms with Crippen molar-refractivity contribution in [3.8, 4) is 11.8 Å². The lowest BCUT2D eigenvalue weighted by atomic mass is 9.89. The van der Waals surface area contributed by atoms with E-state index < -0.39 is 0 Å². The van der Waals surface area contributed by atoms with Gasteiger partial charge in [-0.05, 0) is 50.6 Å². The van der Waals surface area contributed by atoms with Crippen LogP contribution in [0.5, 0.6) is 5.75 Å². The van der Waals surface area contributed by atoms with Crippen LogP contribution >= 0.6 is 0 Å². The molecule has 0 aromatic heterocycles. The summed E-state index contributed by atoms with van der Waals surface area (Å²) in [6.45, 7) is 2.13. The van der Waals surface area contributed by atoms with E-state index >= 15 is 0 Å². The maximum absolute atomic E-state index is 9.46. The van der Waals surface area contributed by atoms with Crippen LogP contribution in [-0.2, 0) is 6.42 Å². The van der Waals surface area contributed by atoms with Crippen LogP contribution in [0, 0.1) is 16.7 Å². The third-order valence-electron chi connectivity index (χ3n) is 4.05. The standard InChI is InChI=1S/C16H22N2O/c1-5-12-10-13(6-7-14(12)19-4)15(18(2)3)16(11-17)8-9-16/h6-7,10,15H,5,8-9H2,1-4H3. The van der Waals surface area contributed by atoms with Gasteiger partial charge in [-0.1, -0.05) is 19.1 Å². The van der Waals surface area contributed by atoms with Gasteiger partial charge < -0.3 is 9.64 Å². The highest BCUT2D eigenvalue weighted by molar-refractivity contribution is 5.40. The van der Waals surface area contributed by atoms with Crippen molar-refractivity contribution in [2.45, 2.75) is 32.2 Å². The predicted molar refractivity (Wildman–Crippen MR) is 76.1 cm³/mol. The summed E-state index contributed by atoms with van der Waals surface area (Å²) >= 11 is 0. The molecule has 0 radical (unpaired) electrons. The van der Waals surface area contributed by atoms with E-state index in [0.29, 0.717) is 0 Å². The lowest BCUT2D eigenvalue weighted by Crippen LogP contribution is -2.28. The van der Waals surface area contributed by atoms with Gasteiger partial charge in [0.25, 0.3) is 0 Å². The number of nitriles is 1. The van der Waals surface area contributed by atoms with E-state index in [1.54, 1.807) is 7.11 Å². The molecule has 0 spiro atoms. The maximum Gasteiger partial charge on any atom is 0.122 e. The molecule has 19 heavy (non-hydrogen) atoms. The van der Waals surface area contributed by atoms with Crippen molar-refractivity contribution in [1.82, 2.24) is 4.90 Å². The average molecular weight is 258 g/mol. The van der Waals surface area contributed by atoms with Gasteiger partial charge in [0.05, 0.1) is 24.6 Å². The van der Waals surface area contributed by atoms with Crippen molar-refractivity contribution in [2.75, 3.05) is 21.2 Å². The molecule has 1 saturated carbocycles. The first-order chi connectivity index (χ1) is 9.07. The van der Waals surface area contributed by atoms with E-state index in [4.69, 9.17) is 4.74 Å². The normalized spacial score (nSPS) is 17.9. The second-order valence-corrected chi connectivity index (χ2v) is 5.56. The van der Waals surface area contributed by atoms with Crippen LogP contribution in [0.3, 0.4) is 0 Å². The van der Waals surface area contributed by atoms with E-state index in [9.17, 15) is 5.26 Å². The van der Waals surface area contributed by atoms with Gasteiger partial charge in [0.1, 0.15) is 5.75 Å². The first kappa shape index (κ1) is 13.9. The van der Waals surface area contributed by atoms with E-state index in [1.807, 2.05) is 6.07 Å². The van der Waals surface area contributed by atoms with Crippen LogP contribution < -0.4 is 4.74 Å². The molecule has 2 rings (SSSR count). The Hall–Kier alpha value is -1.53. The van der Waals surface area contributed by atoms with Crippen molar-refractivity contribution in [2.24, 2.45) is 5.41 Å². The molecule has 0 amide bonds. The molecular weight excluding hydrogens is 236 g/mol. The largest absolute Gasteiger partial charge is 0.496 e. The fourth-order valence-corrected chi connectivity index (χ4v) is 2.94. The quantitative estimate of drug-likeness (QED) is 0.814. The summed E-state index contributed by atoms with van der Waals surface area (Å²) in [5.41, 5.74) is 2.24. The second kappa shape index (κ2) is 5.22. The van der Waals surface area contributed by atoms with Crippen LogP contribution in [-0.4, -0.2) is 26.1 Å². The summed E-state index contributed by atoms with van der Waals surface area (Å²) in [6.07, 6.45) is 2.94. The summed E-state index contributed by atoms with van der Waals surface area (Å²) in [7, 11) is 5.81. The Kier molecular flexibility index (Phi) is 3.82. The van der Waals surface area contributed by atoms with Crippen molar-refractivity contribution in [1.29, 1.82) is 5.26 Å². The van der Waals surface area contributed by atoms with Crippen LogP contribution in [0.2, 0.25) is 0 Å². The maximum atomic E-state index is 9.46. The molecule has 1 atom stereocenters. The number of ether oxygens (including phenoxy) is 1. The van der Waals surface area contributed by atoms with Crippen molar-refractivity contribution >= 4 is 0 Å². The van der Waals surface area contributed by atoms with Crippen LogP contribution in [0.4, 0.5) is 0 Å². The molecule has 0 aliphatic heterocycles. The molecule has 1 aliphatic rings. The zero-order valence-electron chi connectivity index (χ0n) is 12.2. The van der Waals surface area contributed by atoms with Crippen LogP contribution in [0.1, 0.15) is 36.9 Å². The first-order valence-corrected chi connectivity index (χ1v) is 6.82. The van der Waals surface area contributed by atoms with Gasteiger partial charge in [0, 0.05) is 0 Å². The first-order valence-electron chi connectivity index (χ1n) is 6.82. The molecule has 1 unspecified atom stereocenters. The Labute approximate surface area is 115 Å². The van der Waals surface area contributed by atoms with Gasteiger partial charge >= 0.3 is 0 Å². The van der Waals surface area contributed by atoms with E-state index in [1.165, 1.54) is 11.1 Å². The zero-order chi connectivity index (χ0) is 14.0. The molecule has 0 bridgehead atoms. The Balaban J connectivity index is 2.41. The van der Waals surface area contributed by atoms with Crippen molar-refractivity contribution < 1.29 is 4.74 Å². The molecule has 0 heterocycles. The second-order valence-electron chi connectivity index (χ2n) is 5.56. The number of hydrogen-bond acceptors (Lipinski definition) is 3. The highest BCUT2D eigenvalue weighted by Gasteiger charge is 2.51. The SMILES string of the molecule is CCc1cc(C(N(C)C)C2(C#N)CC2)ccc1OC. The molecule has 0 saturated heterocycles. The third kappa shape index (κ3) is 2.46. The van der Waals surface area contributed by atoms with Crippen molar-refractivity contribution in [3.05, 3.63) is 29.3 Å². The minimum Gasteiger partial charge on any atom is -0.496 e. The molecule has 3 heteroatoms. The van der Waals surface area contributed by atoms with Gasteiger partial charge in [0.2, 0.25) is 0 Å². The monoisotopic (exact) mass is 258 g/mol. The third-order valence-corrected chi connectivity index (χ3v) is 4.05. The molecular formula is C16H22N2O. The van der Waals surface area contributed by atoms with Crippen LogP contribution in [0.15, 0.2) is 18.2 Å². The van der Waals surface area contributed by atoms with Gasteiger partial charge in [-0.15, -0.1) is 0 Å². The number of methoxy groups -OCH3 is 1. The number of aryl methyl sites for hydroxylation is 1. The number of benzene rings is 1. The summed E-state index contributed by atoms with van der Waals surface area (Å²) in [5.74, 6) is 0.936.